The van der Waals surface area contributed by atoms with Crippen molar-refractivity contribution in [2.45, 2.75) is 26.9 Å². The molecule has 0 saturated heterocycles. The molecule has 2 aromatic rings. The Bertz CT molecular complexity index is 875. The van der Waals surface area contributed by atoms with Crippen molar-refractivity contribution in [2.75, 3.05) is 7.11 Å². The molecule has 0 spiro atoms. The summed E-state index contributed by atoms with van der Waals surface area (Å²) in [6.07, 6.45) is 5.53. The predicted molar refractivity (Wildman–Crippen MR) is 111 cm³/mol. The molecule has 0 heterocycles. The van der Waals surface area contributed by atoms with Crippen LogP contribution in [0, 0.1) is 0 Å². The first-order chi connectivity index (χ1) is 13.4. The third kappa shape index (κ3) is 7.64. The Labute approximate surface area is 188 Å². The van der Waals surface area contributed by atoms with Crippen molar-refractivity contribution in [1.29, 1.82) is 0 Å². The zero-order valence-corrected chi connectivity index (χ0v) is 17.9. The molecule has 1 amide bonds. The van der Waals surface area contributed by atoms with E-state index in [0.29, 0.717) is 35.1 Å². The summed E-state index contributed by atoms with van der Waals surface area (Å²) in [5, 5.41) is 9.38. The number of amides is 1. The Balaban J connectivity index is 0.00000420. The smallest absolute Gasteiger partial charge is 0.496 e. The number of hydrogen-bond acceptors (Lipinski definition) is 4. The summed E-state index contributed by atoms with van der Waals surface area (Å²) >= 11 is 5.94. The average Bonchev–Trinajstić information content (AvgIpc) is 2.69. The Morgan fingerprint density at radius 1 is 1.17 bits per heavy atom. The van der Waals surface area contributed by atoms with Gasteiger partial charge >= 0.3 is 18.9 Å². The molecule has 0 aromatic heterocycles. The minimum atomic E-state index is -0.620. The molecule has 148 valence electrons. The molecule has 0 aliphatic carbocycles. The predicted octanol–water partition coefficient (Wildman–Crippen LogP) is 1.96. The van der Waals surface area contributed by atoms with Gasteiger partial charge in [-0.2, -0.15) is 0 Å². The van der Waals surface area contributed by atoms with Gasteiger partial charge in [-0.15, -0.1) is 0 Å². The first-order valence-electron chi connectivity index (χ1n) is 8.77. The van der Waals surface area contributed by atoms with Crippen LogP contribution in [0.2, 0.25) is 5.02 Å². The molecule has 0 aliphatic heterocycles. The number of rotatable bonds is 8. The molecule has 0 radical (unpaired) electrons. The van der Waals surface area contributed by atoms with Crippen molar-refractivity contribution in [3.63, 3.8) is 0 Å². The van der Waals surface area contributed by atoms with Crippen LogP contribution in [0.1, 0.15) is 30.5 Å². The van der Waals surface area contributed by atoms with Gasteiger partial charge in [-0.05, 0) is 56.2 Å². The molecule has 0 atom stereocenters. The SMILES string of the molecule is COc1ccc(/C=C/C(=O)NO)c(OCc2ccc(Cl)cc2)c1CC=C(C)C.[Li+]. The van der Waals surface area contributed by atoms with Gasteiger partial charge in [0.05, 0.1) is 7.11 Å². The van der Waals surface area contributed by atoms with E-state index in [4.69, 9.17) is 26.3 Å². The minimum Gasteiger partial charge on any atom is -0.496 e. The van der Waals surface area contributed by atoms with Crippen molar-refractivity contribution in [2.24, 2.45) is 0 Å². The first-order valence-corrected chi connectivity index (χ1v) is 9.15. The van der Waals surface area contributed by atoms with E-state index in [9.17, 15) is 4.79 Å². The number of hydrogen-bond donors (Lipinski definition) is 2. The Morgan fingerprint density at radius 3 is 2.45 bits per heavy atom. The van der Waals surface area contributed by atoms with Gasteiger partial charge < -0.3 is 9.47 Å². The number of halogens is 1. The van der Waals surface area contributed by atoms with Gasteiger partial charge in [-0.3, -0.25) is 10.0 Å². The zero-order valence-electron chi connectivity index (χ0n) is 17.2. The molecular weight excluding hydrogens is 385 g/mol. The van der Waals surface area contributed by atoms with E-state index >= 15 is 0 Å². The number of hydroxylamine groups is 1. The molecule has 29 heavy (non-hydrogen) atoms. The maximum atomic E-state index is 11.4. The van der Waals surface area contributed by atoms with E-state index in [1.54, 1.807) is 18.7 Å². The summed E-state index contributed by atoms with van der Waals surface area (Å²) < 4.78 is 11.7. The number of carbonyl (C=O) groups is 1. The van der Waals surface area contributed by atoms with Crippen LogP contribution in [0.5, 0.6) is 11.5 Å². The van der Waals surface area contributed by atoms with E-state index in [1.165, 1.54) is 11.6 Å². The first kappa shape index (κ1) is 24.9. The normalized spacial score (nSPS) is 10.2. The maximum Gasteiger partial charge on any atom is 1.00 e. The van der Waals surface area contributed by atoms with Gasteiger partial charge in [0.2, 0.25) is 0 Å². The molecule has 0 aliphatic rings. The summed E-state index contributed by atoms with van der Waals surface area (Å²) in [6.45, 7) is 4.38. The van der Waals surface area contributed by atoms with Crippen molar-refractivity contribution in [1.82, 2.24) is 5.48 Å². The third-order valence-corrected chi connectivity index (χ3v) is 4.26. The minimum absolute atomic E-state index is 0. The Kier molecular flexibility index (Phi) is 10.6. The fourth-order valence-electron chi connectivity index (χ4n) is 2.56. The van der Waals surface area contributed by atoms with Crippen molar-refractivity contribution < 1.29 is 38.3 Å². The average molecular weight is 409 g/mol. The quantitative estimate of drug-likeness (QED) is 0.230. The molecule has 2 N–H and O–H groups in total. The second-order valence-electron chi connectivity index (χ2n) is 6.37. The van der Waals surface area contributed by atoms with Gasteiger partial charge in [0, 0.05) is 22.2 Å². The number of methoxy groups -OCH3 is 1. The van der Waals surface area contributed by atoms with Crippen LogP contribution in [0.3, 0.4) is 0 Å². The van der Waals surface area contributed by atoms with Crippen molar-refractivity contribution >= 4 is 23.6 Å². The molecule has 0 unspecified atom stereocenters. The molecule has 0 fully saturated rings. The molecule has 2 aromatic carbocycles. The summed E-state index contributed by atoms with van der Waals surface area (Å²) in [5.74, 6) is 0.700. The van der Waals surface area contributed by atoms with E-state index in [0.717, 1.165) is 11.1 Å². The van der Waals surface area contributed by atoms with Gasteiger partial charge in [0.15, 0.2) is 0 Å². The molecule has 2 rings (SSSR count). The van der Waals surface area contributed by atoms with Crippen LogP contribution >= 0.6 is 11.6 Å². The van der Waals surface area contributed by atoms with Crippen LogP contribution in [0.25, 0.3) is 6.08 Å². The molecular formula is C22H24ClLiNO4+. The van der Waals surface area contributed by atoms with Crippen LogP contribution in [0.15, 0.2) is 54.1 Å². The Morgan fingerprint density at radius 2 is 1.86 bits per heavy atom. The van der Waals surface area contributed by atoms with Gasteiger partial charge in [0.1, 0.15) is 18.1 Å². The molecule has 5 nitrogen and oxygen atoms in total. The molecule has 7 heteroatoms. The van der Waals surface area contributed by atoms with Crippen molar-refractivity contribution in [3.05, 3.63) is 75.8 Å². The van der Waals surface area contributed by atoms with Crippen LogP contribution in [0.4, 0.5) is 0 Å². The maximum absolute atomic E-state index is 11.4. The summed E-state index contributed by atoms with van der Waals surface area (Å²) in [6, 6.07) is 11.0. The number of ether oxygens (including phenoxy) is 2. The number of carbonyl (C=O) groups excluding carboxylic acids is 1. The fourth-order valence-corrected chi connectivity index (χ4v) is 2.69. The van der Waals surface area contributed by atoms with Crippen LogP contribution in [-0.4, -0.2) is 18.2 Å². The Hall–Kier alpha value is -2.16. The molecule has 0 bridgehead atoms. The van der Waals surface area contributed by atoms with Crippen LogP contribution in [-0.2, 0) is 17.8 Å². The number of nitrogens with one attached hydrogen (secondary N) is 1. The van der Waals surface area contributed by atoms with Gasteiger partial charge in [-0.1, -0.05) is 35.4 Å². The second kappa shape index (κ2) is 12.4. The summed E-state index contributed by atoms with van der Waals surface area (Å²) in [4.78, 5) is 11.4. The second-order valence-corrected chi connectivity index (χ2v) is 6.81. The van der Waals surface area contributed by atoms with E-state index in [1.807, 2.05) is 50.2 Å². The van der Waals surface area contributed by atoms with E-state index in [2.05, 4.69) is 6.08 Å². The number of benzene rings is 2. The van der Waals surface area contributed by atoms with Crippen LogP contribution < -0.4 is 33.8 Å². The van der Waals surface area contributed by atoms with E-state index < -0.39 is 5.91 Å². The van der Waals surface area contributed by atoms with E-state index in [-0.39, 0.29) is 18.9 Å². The fraction of sp³-hybridized carbons (Fsp3) is 0.227. The van der Waals surface area contributed by atoms with Gasteiger partial charge in [0.25, 0.3) is 5.91 Å². The molecule has 0 saturated carbocycles. The van der Waals surface area contributed by atoms with Crippen molar-refractivity contribution in [3.8, 4) is 11.5 Å². The third-order valence-electron chi connectivity index (χ3n) is 4.00. The monoisotopic (exact) mass is 408 g/mol. The zero-order chi connectivity index (χ0) is 20.5. The summed E-state index contributed by atoms with van der Waals surface area (Å²) in [5.41, 5.74) is 5.30. The standard InChI is InChI=1S/C22H24ClNO4.Li/c1-15(2)4-11-19-20(27-3)12-7-17(8-13-21(25)24-26)22(19)28-14-16-5-9-18(23)10-6-16;/h4-10,12-13,26H,11,14H2,1-3H3,(H,24,25);/q;+1/b13-8+;. The number of allylic oxidation sites excluding steroid dienone is 2. The largest absolute Gasteiger partial charge is 1.00 e. The topological polar surface area (TPSA) is 67.8 Å². The van der Waals surface area contributed by atoms with Gasteiger partial charge in [-0.25, -0.2) is 5.48 Å². The summed E-state index contributed by atoms with van der Waals surface area (Å²) in [7, 11) is 1.61.